The molecular weight excluding hydrogens is 749 g/mol. The van der Waals surface area contributed by atoms with Gasteiger partial charge < -0.3 is 56.9 Å². The number of amides is 5. The Morgan fingerprint density at radius 1 is 0.727 bits per heavy atom. The van der Waals surface area contributed by atoms with Crippen molar-refractivity contribution in [2.24, 2.45) is 5.92 Å². The van der Waals surface area contributed by atoms with Gasteiger partial charge in [0.2, 0.25) is 29.5 Å². The van der Waals surface area contributed by atoms with Gasteiger partial charge in [-0.25, -0.2) is 0 Å². The van der Waals surface area contributed by atoms with Crippen LogP contribution in [-0.2, 0) is 38.4 Å². The van der Waals surface area contributed by atoms with E-state index >= 15 is 0 Å². The van der Waals surface area contributed by atoms with Crippen LogP contribution in [0.25, 0.3) is 0 Å². The molecule has 0 aromatic heterocycles. The van der Waals surface area contributed by atoms with Crippen molar-refractivity contribution in [3.05, 3.63) is 0 Å². The molecule has 0 spiro atoms. The molecule has 1 heterocycles. The lowest BCUT2D eigenvalue weighted by Gasteiger charge is -2.29. The maximum atomic E-state index is 13.0. The molecule has 0 aliphatic carbocycles. The lowest BCUT2D eigenvalue weighted by molar-refractivity contribution is -0.140. The smallest absolute Gasteiger partial charge is 0.475 e. The van der Waals surface area contributed by atoms with E-state index in [-0.39, 0.29) is 71.3 Å². The highest BCUT2D eigenvalue weighted by molar-refractivity contribution is 7.80. The Hall–Kier alpha value is -4.07. The Morgan fingerprint density at radius 2 is 1.27 bits per heavy atom. The summed E-state index contributed by atoms with van der Waals surface area (Å²) in [5.41, 5.74) is 0. The Labute approximate surface area is 325 Å². The number of aliphatic carboxylic acids is 3. The minimum atomic E-state index is -1.72. The summed E-state index contributed by atoms with van der Waals surface area (Å²) < 4.78 is 0. The van der Waals surface area contributed by atoms with Crippen molar-refractivity contribution in [1.82, 2.24) is 46.2 Å². The van der Waals surface area contributed by atoms with Gasteiger partial charge in [0.15, 0.2) is 0 Å². The Balaban J connectivity index is 2.69. The van der Waals surface area contributed by atoms with E-state index in [4.69, 9.17) is 10.2 Å². The number of hydrogen-bond donors (Lipinski definition) is 11. The first-order valence-corrected chi connectivity index (χ1v) is 18.4. The maximum absolute atomic E-state index is 13.0. The third-order valence-corrected chi connectivity index (χ3v) is 8.84. The number of carbonyl (C=O) groups excluding carboxylic acids is 5. The molecule has 312 valence electrons. The second kappa shape index (κ2) is 25.9. The van der Waals surface area contributed by atoms with Crippen LogP contribution in [-0.4, -0.2) is 209 Å². The summed E-state index contributed by atoms with van der Waals surface area (Å²) >= 11 is 4.11. The van der Waals surface area contributed by atoms with E-state index in [1.165, 1.54) is 16.7 Å². The van der Waals surface area contributed by atoms with Gasteiger partial charge in [0.05, 0.1) is 45.2 Å². The van der Waals surface area contributed by atoms with Gasteiger partial charge in [-0.1, -0.05) is 13.8 Å². The SMILES string of the molecule is CC(C)[C@H](NC(=O)CNC(=O)CNC(=O)CN(CCNCC(=O)O)CCN(CCN(CS)CC(=O)O)CC(=O)O)C(=O)N[C@H](C)C(=O)N1CCC[C@H]1B(O)O. The molecule has 0 radical (unpaired) electrons. The summed E-state index contributed by atoms with van der Waals surface area (Å²) in [4.78, 5) is 103. The Bertz CT molecular complexity index is 1320. The second-order valence-corrected chi connectivity index (χ2v) is 13.6. The van der Waals surface area contributed by atoms with Crippen molar-refractivity contribution in [3.63, 3.8) is 0 Å². The molecule has 1 aliphatic heterocycles. The quantitative estimate of drug-likeness (QED) is 0.0152. The monoisotopic (exact) mass is 805 g/mol. The molecule has 1 saturated heterocycles. The van der Waals surface area contributed by atoms with E-state index in [0.29, 0.717) is 19.4 Å². The van der Waals surface area contributed by atoms with Gasteiger partial charge in [-0.15, -0.1) is 0 Å². The predicted octanol–water partition coefficient (Wildman–Crippen LogP) is -5.50. The molecule has 5 amide bonds. The summed E-state index contributed by atoms with van der Waals surface area (Å²) in [6.45, 7) is 3.83. The highest BCUT2D eigenvalue weighted by atomic mass is 32.1. The summed E-state index contributed by atoms with van der Waals surface area (Å²) in [5, 5.41) is 59.0. The van der Waals surface area contributed by atoms with Crippen molar-refractivity contribution >= 4 is 67.2 Å². The van der Waals surface area contributed by atoms with E-state index in [1.54, 1.807) is 23.6 Å². The number of rotatable bonds is 28. The highest BCUT2D eigenvalue weighted by Crippen LogP contribution is 2.19. The topological polar surface area (TPSA) is 311 Å². The van der Waals surface area contributed by atoms with E-state index in [0.717, 1.165) is 0 Å². The number of carboxylic acid groups (broad SMARTS) is 3. The summed E-state index contributed by atoms with van der Waals surface area (Å²) in [7, 11) is -1.72. The van der Waals surface area contributed by atoms with Crippen LogP contribution in [0.5, 0.6) is 0 Å². The number of hydrogen-bond acceptors (Lipinski definition) is 15. The van der Waals surface area contributed by atoms with Gasteiger partial charge in [-0.05, 0) is 25.7 Å². The van der Waals surface area contributed by atoms with E-state index in [2.05, 4.69) is 39.2 Å². The molecule has 10 N–H and O–H groups in total. The van der Waals surface area contributed by atoms with Crippen molar-refractivity contribution in [2.75, 3.05) is 91.0 Å². The molecular formula is C31H56BN9O13S. The number of thiol groups is 1. The summed E-state index contributed by atoms with van der Waals surface area (Å²) in [6, 6.07) is -2.10. The average molecular weight is 806 g/mol. The minimum Gasteiger partial charge on any atom is -0.480 e. The van der Waals surface area contributed by atoms with Crippen molar-refractivity contribution in [3.8, 4) is 0 Å². The van der Waals surface area contributed by atoms with Crippen molar-refractivity contribution in [1.29, 1.82) is 0 Å². The highest BCUT2D eigenvalue weighted by Gasteiger charge is 2.39. The molecule has 0 aromatic rings. The van der Waals surface area contributed by atoms with Crippen LogP contribution in [0, 0.1) is 5.92 Å². The number of nitrogens with zero attached hydrogens (tertiary/aromatic N) is 4. The summed E-state index contributed by atoms with van der Waals surface area (Å²) in [5.74, 6) is -7.55. The van der Waals surface area contributed by atoms with Crippen LogP contribution in [0.15, 0.2) is 0 Å². The zero-order valence-corrected chi connectivity index (χ0v) is 32.3. The molecule has 0 bridgehead atoms. The van der Waals surface area contributed by atoms with Gasteiger partial charge in [-0.2, -0.15) is 12.6 Å². The molecule has 55 heavy (non-hydrogen) atoms. The first kappa shape index (κ1) is 49.0. The van der Waals surface area contributed by atoms with Gasteiger partial charge in [-0.3, -0.25) is 53.1 Å². The first-order valence-electron chi connectivity index (χ1n) is 17.8. The maximum Gasteiger partial charge on any atom is 0.475 e. The van der Waals surface area contributed by atoms with Gasteiger partial charge in [0.1, 0.15) is 12.1 Å². The number of nitrogens with one attached hydrogen (secondary N) is 5. The zero-order chi connectivity index (χ0) is 41.7. The van der Waals surface area contributed by atoms with Crippen LogP contribution in [0.1, 0.15) is 33.6 Å². The largest absolute Gasteiger partial charge is 0.480 e. The fourth-order valence-corrected chi connectivity index (χ4v) is 5.79. The molecule has 1 rings (SSSR count). The molecule has 22 nitrogen and oxygen atoms in total. The molecule has 1 aliphatic rings. The Morgan fingerprint density at radius 3 is 1.82 bits per heavy atom. The van der Waals surface area contributed by atoms with E-state index in [9.17, 15) is 53.5 Å². The lowest BCUT2D eigenvalue weighted by Crippen LogP contribution is -2.57. The molecule has 0 saturated carbocycles. The third kappa shape index (κ3) is 20.4. The zero-order valence-electron chi connectivity index (χ0n) is 31.4. The predicted molar refractivity (Wildman–Crippen MR) is 199 cm³/mol. The first-order chi connectivity index (χ1) is 25.8. The standard InChI is InChI=1S/C31H56BN9O13S/c1-20(2)29(30(51)36-21(3)31(52)41-7-4-5-22(41)32(53)54)37-24(43)14-34-23(42)13-35-25(44)16-38(8-6-33-15-26(45)46)9-10-39(17-27(47)48)11-12-40(19-55)18-28(49)50/h20-22,29,33,53-55H,4-19H2,1-3H3,(H,34,42)(H,35,44)(H,36,51)(H,37,43)(H,45,46)(H,47,48)(H,49,50)/t21-,22+,29+/m1/s1. The molecule has 0 unspecified atom stereocenters. The molecule has 0 aromatic carbocycles. The lowest BCUT2D eigenvalue weighted by atomic mass is 9.78. The number of likely N-dealkylation sites (tertiary alicyclic amines) is 1. The summed E-state index contributed by atoms with van der Waals surface area (Å²) in [6.07, 6.45) is 0.981. The number of carbonyl (C=O) groups is 8. The normalized spacial score (nSPS) is 15.2. The van der Waals surface area contributed by atoms with Crippen LogP contribution in [0.3, 0.4) is 0 Å². The minimum absolute atomic E-state index is 0.130. The van der Waals surface area contributed by atoms with Crippen LogP contribution in [0.2, 0.25) is 0 Å². The third-order valence-electron chi connectivity index (χ3n) is 8.44. The van der Waals surface area contributed by atoms with Gasteiger partial charge >= 0.3 is 25.0 Å². The van der Waals surface area contributed by atoms with E-state index in [1.807, 2.05) is 0 Å². The second-order valence-electron chi connectivity index (χ2n) is 13.3. The van der Waals surface area contributed by atoms with Crippen LogP contribution < -0.4 is 26.6 Å². The fraction of sp³-hybridized carbons (Fsp3) is 0.742. The van der Waals surface area contributed by atoms with Gasteiger partial charge in [0.25, 0.3) is 0 Å². The van der Waals surface area contributed by atoms with Crippen LogP contribution >= 0.6 is 12.6 Å². The van der Waals surface area contributed by atoms with Crippen molar-refractivity contribution in [2.45, 2.75) is 51.6 Å². The molecule has 24 heteroatoms. The van der Waals surface area contributed by atoms with E-state index < -0.39 is 91.6 Å². The van der Waals surface area contributed by atoms with Gasteiger partial charge in [0, 0.05) is 51.7 Å². The fourth-order valence-electron chi connectivity index (χ4n) is 5.55. The molecule has 1 fully saturated rings. The molecule has 3 atom stereocenters. The van der Waals surface area contributed by atoms with Crippen molar-refractivity contribution < 1.29 is 63.7 Å². The average Bonchev–Trinajstić information content (AvgIpc) is 3.60. The Kier molecular flexibility index (Phi) is 23.1. The van der Waals surface area contributed by atoms with Crippen LogP contribution in [0.4, 0.5) is 0 Å². The number of carboxylic acids is 3.